The lowest BCUT2D eigenvalue weighted by Crippen LogP contribution is -2.22. The van der Waals surface area contributed by atoms with Crippen LogP contribution >= 0.6 is 0 Å². The summed E-state index contributed by atoms with van der Waals surface area (Å²) < 4.78 is 5.72. The van der Waals surface area contributed by atoms with Gasteiger partial charge < -0.3 is 15.1 Å². The van der Waals surface area contributed by atoms with Crippen molar-refractivity contribution in [2.24, 2.45) is 11.7 Å². The standard InChI is InChI=1S/C12H15N3O/c13-7-9-5-6-15(8-9)12-14-10-3-1-2-4-11(10)16-12/h1-4,9H,5-8,13H2/t9-/m0/s1. The van der Waals surface area contributed by atoms with Gasteiger partial charge in [-0.05, 0) is 31.0 Å². The first-order valence-corrected chi connectivity index (χ1v) is 5.67. The number of nitrogens with two attached hydrogens (primary N) is 1. The highest BCUT2D eigenvalue weighted by Gasteiger charge is 2.24. The zero-order chi connectivity index (χ0) is 11.0. The van der Waals surface area contributed by atoms with E-state index in [9.17, 15) is 0 Å². The van der Waals surface area contributed by atoms with Gasteiger partial charge >= 0.3 is 0 Å². The Balaban J connectivity index is 1.89. The lowest BCUT2D eigenvalue weighted by atomic mass is 10.1. The van der Waals surface area contributed by atoms with Crippen LogP contribution < -0.4 is 10.6 Å². The van der Waals surface area contributed by atoms with Gasteiger partial charge in [0.15, 0.2) is 5.58 Å². The number of oxazole rings is 1. The first kappa shape index (κ1) is 9.66. The van der Waals surface area contributed by atoms with Crippen molar-refractivity contribution < 1.29 is 4.42 Å². The van der Waals surface area contributed by atoms with E-state index in [1.54, 1.807) is 0 Å². The highest BCUT2D eigenvalue weighted by atomic mass is 16.4. The minimum Gasteiger partial charge on any atom is -0.423 e. The third-order valence-corrected chi connectivity index (χ3v) is 3.17. The maximum Gasteiger partial charge on any atom is 0.298 e. The van der Waals surface area contributed by atoms with Gasteiger partial charge in [0.05, 0.1) is 0 Å². The molecule has 1 aromatic carbocycles. The molecule has 0 aliphatic carbocycles. The number of aromatic nitrogens is 1. The molecular weight excluding hydrogens is 202 g/mol. The molecule has 1 saturated heterocycles. The van der Waals surface area contributed by atoms with Crippen molar-refractivity contribution in [3.05, 3.63) is 24.3 Å². The summed E-state index contributed by atoms with van der Waals surface area (Å²) in [6.45, 7) is 2.70. The number of benzene rings is 1. The average Bonchev–Trinajstić information content (AvgIpc) is 2.95. The number of nitrogens with zero attached hydrogens (tertiary/aromatic N) is 2. The first-order chi connectivity index (χ1) is 7.86. The van der Waals surface area contributed by atoms with Gasteiger partial charge in [-0.15, -0.1) is 0 Å². The lowest BCUT2D eigenvalue weighted by molar-refractivity contribution is 0.569. The van der Waals surface area contributed by atoms with E-state index in [2.05, 4.69) is 9.88 Å². The van der Waals surface area contributed by atoms with Gasteiger partial charge in [-0.3, -0.25) is 0 Å². The van der Waals surface area contributed by atoms with Crippen LogP contribution in [0.1, 0.15) is 6.42 Å². The summed E-state index contributed by atoms with van der Waals surface area (Å²) in [7, 11) is 0. The Labute approximate surface area is 94.0 Å². The minimum absolute atomic E-state index is 0.579. The second kappa shape index (κ2) is 3.79. The third-order valence-electron chi connectivity index (χ3n) is 3.17. The van der Waals surface area contributed by atoms with Crippen LogP contribution in [0.15, 0.2) is 28.7 Å². The van der Waals surface area contributed by atoms with Gasteiger partial charge in [0, 0.05) is 13.1 Å². The molecule has 4 heteroatoms. The molecule has 0 unspecified atom stereocenters. The fraction of sp³-hybridized carbons (Fsp3) is 0.417. The van der Waals surface area contributed by atoms with E-state index >= 15 is 0 Å². The molecule has 16 heavy (non-hydrogen) atoms. The topological polar surface area (TPSA) is 55.3 Å². The number of fused-ring (bicyclic) bond motifs is 1. The van der Waals surface area contributed by atoms with Crippen LogP contribution in [0.4, 0.5) is 6.01 Å². The van der Waals surface area contributed by atoms with Crippen molar-refractivity contribution in [2.75, 3.05) is 24.5 Å². The Kier molecular flexibility index (Phi) is 2.29. The highest BCUT2D eigenvalue weighted by molar-refractivity contribution is 5.74. The second-order valence-electron chi connectivity index (χ2n) is 4.30. The van der Waals surface area contributed by atoms with E-state index in [1.165, 1.54) is 0 Å². The minimum atomic E-state index is 0.579. The van der Waals surface area contributed by atoms with E-state index in [-0.39, 0.29) is 0 Å². The maximum atomic E-state index is 5.72. The van der Waals surface area contributed by atoms with Gasteiger partial charge in [0.1, 0.15) is 5.52 Å². The van der Waals surface area contributed by atoms with Crippen LogP contribution in [0.5, 0.6) is 0 Å². The van der Waals surface area contributed by atoms with Crippen molar-refractivity contribution in [2.45, 2.75) is 6.42 Å². The van der Waals surface area contributed by atoms with Crippen molar-refractivity contribution in [1.29, 1.82) is 0 Å². The molecule has 1 atom stereocenters. The quantitative estimate of drug-likeness (QED) is 0.830. The van der Waals surface area contributed by atoms with Crippen LogP contribution in [-0.4, -0.2) is 24.6 Å². The molecule has 0 bridgehead atoms. The monoisotopic (exact) mass is 217 g/mol. The number of hydrogen-bond acceptors (Lipinski definition) is 4. The lowest BCUT2D eigenvalue weighted by Gasteiger charge is -2.12. The van der Waals surface area contributed by atoms with Crippen LogP contribution in [-0.2, 0) is 0 Å². The highest BCUT2D eigenvalue weighted by Crippen LogP contribution is 2.26. The molecule has 0 amide bonds. The zero-order valence-corrected chi connectivity index (χ0v) is 9.10. The van der Waals surface area contributed by atoms with E-state index in [0.29, 0.717) is 5.92 Å². The molecule has 3 rings (SSSR count). The summed E-state index contributed by atoms with van der Waals surface area (Å²) in [6.07, 6.45) is 1.13. The van der Waals surface area contributed by atoms with Gasteiger partial charge in [-0.1, -0.05) is 12.1 Å². The number of rotatable bonds is 2. The van der Waals surface area contributed by atoms with Gasteiger partial charge in [-0.25, -0.2) is 0 Å². The van der Waals surface area contributed by atoms with Crippen LogP contribution in [0.2, 0.25) is 0 Å². The molecule has 1 aliphatic rings. The molecule has 2 aromatic rings. The third kappa shape index (κ3) is 1.55. The second-order valence-corrected chi connectivity index (χ2v) is 4.30. The van der Waals surface area contributed by atoms with Gasteiger partial charge in [0.2, 0.25) is 0 Å². The summed E-state index contributed by atoms with van der Waals surface area (Å²) in [6, 6.07) is 8.59. The molecule has 0 radical (unpaired) electrons. The predicted octanol–water partition coefficient (Wildman–Crippen LogP) is 1.61. The van der Waals surface area contributed by atoms with Crippen LogP contribution in [0, 0.1) is 5.92 Å². The van der Waals surface area contributed by atoms with Crippen LogP contribution in [0.3, 0.4) is 0 Å². The summed E-state index contributed by atoms with van der Waals surface area (Å²) in [4.78, 5) is 6.66. The largest absolute Gasteiger partial charge is 0.423 e. The molecule has 2 N–H and O–H groups in total. The Morgan fingerprint density at radius 1 is 1.44 bits per heavy atom. The molecule has 2 heterocycles. The van der Waals surface area contributed by atoms with Crippen molar-refractivity contribution in [3.8, 4) is 0 Å². The molecule has 4 nitrogen and oxygen atoms in total. The molecule has 0 saturated carbocycles. The molecule has 1 aliphatic heterocycles. The van der Waals surface area contributed by atoms with Crippen molar-refractivity contribution >= 4 is 17.1 Å². The summed E-state index contributed by atoms with van der Waals surface area (Å²) in [5.74, 6) is 0.579. The van der Waals surface area contributed by atoms with E-state index in [4.69, 9.17) is 10.2 Å². The van der Waals surface area contributed by atoms with Crippen LogP contribution in [0.25, 0.3) is 11.1 Å². The molecule has 1 aromatic heterocycles. The summed E-state index contributed by atoms with van der Waals surface area (Å²) >= 11 is 0. The van der Waals surface area contributed by atoms with Gasteiger partial charge in [-0.2, -0.15) is 4.98 Å². The number of anilines is 1. The number of para-hydroxylation sites is 2. The van der Waals surface area contributed by atoms with E-state index in [1.807, 2.05) is 24.3 Å². The fourth-order valence-corrected chi connectivity index (χ4v) is 2.19. The SMILES string of the molecule is NC[C@@H]1CCN(c2nc3ccccc3o2)C1. The normalized spacial score (nSPS) is 20.8. The predicted molar refractivity (Wildman–Crippen MR) is 63.4 cm³/mol. The summed E-state index contributed by atoms with van der Waals surface area (Å²) in [5.41, 5.74) is 7.45. The number of hydrogen-bond donors (Lipinski definition) is 1. The maximum absolute atomic E-state index is 5.72. The Morgan fingerprint density at radius 3 is 3.06 bits per heavy atom. The van der Waals surface area contributed by atoms with E-state index < -0.39 is 0 Å². The Bertz CT molecular complexity index is 461. The smallest absolute Gasteiger partial charge is 0.298 e. The first-order valence-electron chi connectivity index (χ1n) is 5.67. The molecule has 1 fully saturated rings. The van der Waals surface area contributed by atoms with Crippen molar-refractivity contribution in [3.63, 3.8) is 0 Å². The fourth-order valence-electron chi connectivity index (χ4n) is 2.19. The molecular formula is C12H15N3O. The summed E-state index contributed by atoms with van der Waals surface area (Å²) in [5, 5.41) is 0. The molecule has 0 spiro atoms. The zero-order valence-electron chi connectivity index (χ0n) is 9.10. The van der Waals surface area contributed by atoms with E-state index in [0.717, 1.165) is 43.2 Å². The van der Waals surface area contributed by atoms with Gasteiger partial charge in [0.25, 0.3) is 6.01 Å². The Morgan fingerprint density at radius 2 is 2.31 bits per heavy atom. The average molecular weight is 217 g/mol. The molecule has 84 valence electrons. The Hall–Kier alpha value is -1.55. The van der Waals surface area contributed by atoms with Crippen molar-refractivity contribution in [1.82, 2.24) is 4.98 Å².